The van der Waals surface area contributed by atoms with Gasteiger partial charge in [-0.15, -0.1) is 11.3 Å². The van der Waals surface area contributed by atoms with Crippen LogP contribution < -0.4 is 5.32 Å². The smallest absolute Gasteiger partial charge is 0.104 e. The van der Waals surface area contributed by atoms with Crippen molar-refractivity contribution < 1.29 is 0 Å². The SMILES string of the molecule is CNCc1cn(C)nc1-c1cc(Cl)sc1Cl. The zero-order chi connectivity index (χ0) is 11.7. The fourth-order valence-electron chi connectivity index (χ4n) is 1.59. The summed E-state index contributed by atoms with van der Waals surface area (Å²) in [6.07, 6.45) is 1.98. The summed E-state index contributed by atoms with van der Waals surface area (Å²) < 4.78 is 3.14. The number of nitrogens with one attached hydrogen (secondary N) is 1. The highest BCUT2D eigenvalue weighted by Gasteiger charge is 2.15. The predicted molar refractivity (Wildman–Crippen MR) is 69.3 cm³/mol. The standard InChI is InChI=1S/C10H11Cl2N3S/c1-13-4-6-5-15(2)14-9(6)7-3-8(11)16-10(7)12/h3,5,13H,4H2,1-2H3. The zero-order valence-electron chi connectivity index (χ0n) is 8.92. The van der Waals surface area contributed by atoms with Gasteiger partial charge in [0.05, 0.1) is 10.0 Å². The van der Waals surface area contributed by atoms with Crippen LogP contribution in [0, 0.1) is 0 Å². The first-order valence-corrected chi connectivity index (χ1v) is 6.31. The Balaban J connectivity index is 2.50. The summed E-state index contributed by atoms with van der Waals surface area (Å²) in [6, 6.07) is 1.86. The van der Waals surface area contributed by atoms with Crippen LogP contribution >= 0.6 is 34.5 Å². The predicted octanol–water partition coefficient (Wildman–Crippen LogP) is 3.17. The lowest BCUT2D eigenvalue weighted by molar-refractivity contribution is 0.766. The summed E-state index contributed by atoms with van der Waals surface area (Å²) in [4.78, 5) is 0. The van der Waals surface area contributed by atoms with Crippen molar-refractivity contribution >= 4 is 34.5 Å². The third kappa shape index (κ3) is 2.25. The molecule has 2 aromatic heterocycles. The molecule has 0 aliphatic carbocycles. The molecule has 2 heterocycles. The first kappa shape index (κ1) is 11.9. The lowest BCUT2D eigenvalue weighted by atomic mass is 10.1. The minimum Gasteiger partial charge on any atom is -0.316 e. The molecule has 1 N–H and O–H groups in total. The topological polar surface area (TPSA) is 29.9 Å². The summed E-state index contributed by atoms with van der Waals surface area (Å²) in [6.45, 7) is 0.757. The molecule has 86 valence electrons. The van der Waals surface area contributed by atoms with E-state index in [0.29, 0.717) is 8.67 Å². The largest absolute Gasteiger partial charge is 0.316 e. The third-order valence-electron chi connectivity index (χ3n) is 2.18. The normalized spacial score (nSPS) is 11.0. The van der Waals surface area contributed by atoms with Crippen LogP contribution in [-0.2, 0) is 13.6 Å². The molecule has 0 fully saturated rings. The second kappa shape index (κ2) is 4.75. The van der Waals surface area contributed by atoms with E-state index in [1.807, 2.05) is 26.4 Å². The fourth-order valence-corrected chi connectivity index (χ4v) is 3.05. The van der Waals surface area contributed by atoms with E-state index in [1.165, 1.54) is 11.3 Å². The van der Waals surface area contributed by atoms with E-state index in [1.54, 1.807) is 4.68 Å². The lowest BCUT2D eigenvalue weighted by Crippen LogP contribution is -2.05. The average Bonchev–Trinajstić information content (AvgIpc) is 2.70. The second-order valence-electron chi connectivity index (χ2n) is 3.44. The van der Waals surface area contributed by atoms with Crippen LogP contribution in [0.1, 0.15) is 5.56 Å². The molecule has 0 amide bonds. The Morgan fingerprint density at radius 3 is 2.81 bits per heavy atom. The summed E-state index contributed by atoms with van der Waals surface area (Å²) in [5.41, 5.74) is 2.91. The fraction of sp³-hybridized carbons (Fsp3) is 0.300. The van der Waals surface area contributed by atoms with E-state index in [0.717, 1.165) is 23.4 Å². The Kier molecular flexibility index (Phi) is 3.54. The van der Waals surface area contributed by atoms with Crippen LogP contribution in [0.2, 0.25) is 8.67 Å². The highest BCUT2D eigenvalue weighted by atomic mass is 35.5. The Bertz CT molecular complexity index is 504. The average molecular weight is 276 g/mol. The van der Waals surface area contributed by atoms with E-state index in [4.69, 9.17) is 23.2 Å². The molecule has 0 spiro atoms. The van der Waals surface area contributed by atoms with E-state index in [9.17, 15) is 0 Å². The summed E-state index contributed by atoms with van der Waals surface area (Å²) in [5, 5.41) is 7.52. The van der Waals surface area contributed by atoms with Gasteiger partial charge >= 0.3 is 0 Å². The van der Waals surface area contributed by atoms with Crippen LogP contribution in [0.25, 0.3) is 11.3 Å². The van der Waals surface area contributed by atoms with Crippen molar-refractivity contribution in [3.63, 3.8) is 0 Å². The molecule has 0 radical (unpaired) electrons. The molecule has 0 atom stereocenters. The molecule has 0 aliphatic heterocycles. The first-order chi connectivity index (χ1) is 7.61. The maximum absolute atomic E-state index is 6.13. The van der Waals surface area contributed by atoms with E-state index >= 15 is 0 Å². The number of nitrogens with zero attached hydrogens (tertiary/aromatic N) is 2. The molecule has 0 bridgehead atoms. The van der Waals surface area contributed by atoms with Gasteiger partial charge in [0.1, 0.15) is 4.34 Å². The molecule has 0 aromatic carbocycles. The van der Waals surface area contributed by atoms with Crippen LogP contribution in [0.5, 0.6) is 0 Å². The van der Waals surface area contributed by atoms with Crippen LogP contribution in [-0.4, -0.2) is 16.8 Å². The van der Waals surface area contributed by atoms with Crippen molar-refractivity contribution in [1.82, 2.24) is 15.1 Å². The maximum atomic E-state index is 6.13. The van der Waals surface area contributed by atoms with Gasteiger partial charge in [0.15, 0.2) is 0 Å². The quantitative estimate of drug-likeness (QED) is 0.933. The molecule has 6 heteroatoms. The molecule has 0 saturated carbocycles. The molecular formula is C10H11Cl2N3S. The van der Waals surface area contributed by atoms with Gasteiger partial charge in [-0.1, -0.05) is 23.2 Å². The van der Waals surface area contributed by atoms with Gasteiger partial charge in [-0.05, 0) is 13.1 Å². The minimum absolute atomic E-state index is 0.682. The first-order valence-electron chi connectivity index (χ1n) is 4.74. The molecular weight excluding hydrogens is 265 g/mol. The summed E-state index contributed by atoms with van der Waals surface area (Å²) in [7, 11) is 3.80. The lowest BCUT2D eigenvalue weighted by Gasteiger charge is -1.99. The number of aromatic nitrogens is 2. The monoisotopic (exact) mass is 275 g/mol. The highest BCUT2D eigenvalue weighted by Crippen LogP contribution is 2.38. The zero-order valence-corrected chi connectivity index (χ0v) is 11.2. The van der Waals surface area contributed by atoms with Gasteiger partial charge in [-0.2, -0.15) is 5.10 Å². The number of thiophene rings is 1. The van der Waals surface area contributed by atoms with E-state index in [-0.39, 0.29) is 0 Å². The molecule has 16 heavy (non-hydrogen) atoms. The van der Waals surface area contributed by atoms with Crippen molar-refractivity contribution in [2.75, 3.05) is 7.05 Å². The Hall–Kier alpha value is -0.550. The van der Waals surface area contributed by atoms with Crippen molar-refractivity contribution in [1.29, 1.82) is 0 Å². The summed E-state index contributed by atoms with van der Waals surface area (Å²) in [5.74, 6) is 0. The molecule has 2 rings (SSSR count). The second-order valence-corrected chi connectivity index (χ2v) is 5.73. The maximum Gasteiger partial charge on any atom is 0.104 e. The molecule has 0 saturated heterocycles. The minimum atomic E-state index is 0.682. The van der Waals surface area contributed by atoms with Crippen molar-refractivity contribution in [3.05, 3.63) is 26.5 Å². The Labute approximate surface area is 108 Å². The van der Waals surface area contributed by atoms with Crippen molar-refractivity contribution in [2.24, 2.45) is 7.05 Å². The van der Waals surface area contributed by atoms with Crippen LogP contribution in [0.3, 0.4) is 0 Å². The van der Waals surface area contributed by atoms with Gasteiger partial charge in [0.25, 0.3) is 0 Å². The van der Waals surface area contributed by atoms with E-state index < -0.39 is 0 Å². The van der Waals surface area contributed by atoms with Gasteiger partial charge in [-0.25, -0.2) is 0 Å². The van der Waals surface area contributed by atoms with Gasteiger partial charge in [-0.3, -0.25) is 4.68 Å². The number of aryl methyl sites for hydroxylation is 1. The van der Waals surface area contributed by atoms with E-state index in [2.05, 4.69) is 10.4 Å². The molecule has 3 nitrogen and oxygen atoms in total. The van der Waals surface area contributed by atoms with Gasteiger partial charge in [0.2, 0.25) is 0 Å². The Morgan fingerprint density at radius 2 is 2.25 bits per heavy atom. The van der Waals surface area contributed by atoms with Gasteiger partial charge in [0, 0.05) is 30.9 Å². The van der Waals surface area contributed by atoms with Crippen LogP contribution in [0.4, 0.5) is 0 Å². The highest BCUT2D eigenvalue weighted by molar-refractivity contribution is 7.20. The van der Waals surface area contributed by atoms with Crippen molar-refractivity contribution in [3.8, 4) is 11.3 Å². The number of rotatable bonds is 3. The number of hydrogen-bond donors (Lipinski definition) is 1. The molecule has 2 aromatic rings. The molecule has 0 aliphatic rings. The number of halogens is 2. The molecule has 0 unspecified atom stereocenters. The van der Waals surface area contributed by atoms with Crippen LogP contribution in [0.15, 0.2) is 12.3 Å². The number of hydrogen-bond acceptors (Lipinski definition) is 3. The summed E-state index contributed by atoms with van der Waals surface area (Å²) >= 11 is 13.4. The van der Waals surface area contributed by atoms with Crippen molar-refractivity contribution in [2.45, 2.75) is 6.54 Å². The Morgan fingerprint density at radius 1 is 1.50 bits per heavy atom. The third-order valence-corrected chi connectivity index (χ3v) is 3.67. The van der Waals surface area contributed by atoms with Gasteiger partial charge < -0.3 is 5.32 Å².